The molecule has 0 radical (unpaired) electrons. The number of hydrogen-bond donors (Lipinski definition) is 1. The van der Waals surface area contributed by atoms with Crippen molar-refractivity contribution in [1.82, 2.24) is 10.2 Å². The van der Waals surface area contributed by atoms with Crippen molar-refractivity contribution in [1.29, 1.82) is 0 Å². The lowest BCUT2D eigenvalue weighted by molar-refractivity contribution is -0.142. The average Bonchev–Trinajstić information content (AvgIpc) is 2.70. The van der Waals surface area contributed by atoms with Gasteiger partial charge in [0.15, 0.2) is 6.61 Å². The van der Waals surface area contributed by atoms with Crippen LogP contribution >= 0.6 is 15.9 Å². The number of ether oxygens (including phenoxy) is 1. The van der Waals surface area contributed by atoms with Gasteiger partial charge in [0, 0.05) is 13.6 Å². The van der Waals surface area contributed by atoms with E-state index in [1.165, 1.54) is 24.1 Å². The summed E-state index contributed by atoms with van der Waals surface area (Å²) in [4.78, 5) is 26.3. The van der Waals surface area contributed by atoms with E-state index in [0.717, 1.165) is 22.0 Å². The van der Waals surface area contributed by atoms with Crippen LogP contribution in [-0.2, 0) is 22.6 Å². The number of benzene rings is 2. The number of carbonyl (C=O) groups excluding carboxylic acids is 2. The van der Waals surface area contributed by atoms with Gasteiger partial charge in [-0.05, 0) is 64.7 Å². The summed E-state index contributed by atoms with van der Waals surface area (Å²) < 4.78 is 19.6. The maximum atomic E-state index is 13.2. The highest BCUT2D eigenvalue weighted by atomic mass is 79.9. The number of amides is 2. The Balaban J connectivity index is 2.13. The highest BCUT2D eigenvalue weighted by molar-refractivity contribution is 9.10. The first-order chi connectivity index (χ1) is 13.3. The largest absolute Gasteiger partial charge is 0.483 e. The van der Waals surface area contributed by atoms with Gasteiger partial charge in [0.1, 0.15) is 17.6 Å². The zero-order valence-corrected chi connectivity index (χ0v) is 17.8. The smallest absolute Gasteiger partial charge is 0.261 e. The number of nitrogens with one attached hydrogen (secondary N) is 1. The molecule has 0 heterocycles. The van der Waals surface area contributed by atoms with Crippen molar-refractivity contribution in [3.8, 4) is 5.75 Å². The van der Waals surface area contributed by atoms with Gasteiger partial charge in [0.2, 0.25) is 5.91 Å². The molecular formula is C21H24BrFN2O3. The number of aryl methyl sites for hydroxylation is 1. The Morgan fingerprint density at radius 3 is 2.39 bits per heavy atom. The minimum atomic E-state index is -0.697. The fourth-order valence-electron chi connectivity index (χ4n) is 2.68. The van der Waals surface area contributed by atoms with Crippen molar-refractivity contribution in [2.45, 2.75) is 32.9 Å². The minimum Gasteiger partial charge on any atom is -0.483 e. The second-order valence-corrected chi connectivity index (χ2v) is 7.20. The molecule has 0 saturated heterocycles. The Labute approximate surface area is 173 Å². The van der Waals surface area contributed by atoms with Gasteiger partial charge < -0.3 is 15.0 Å². The zero-order chi connectivity index (χ0) is 20.7. The molecule has 0 aliphatic carbocycles. The molecule has 1 N–H and O–H groups in total. The molecule has 2 amide bonds. The van der Waals surface area contributed by atoms with E-state index in [1.54, 1.807) is 19.1 Å². The summed E-state index contributed by atoms with van der Waals surface area (Å²) in [7, 11) is 1.52. The summed E-state index contributed by atoms with van der Waals surface area (Å²) in [6, 6.07) is 10.8. The third kappa shape index (κ3) is 5.79. The molecule has 0 aliphatic heterocycles. The molecule has 7 heteroatoms. The number of likely N-dealkylation sites (N-methyl/N-ethyl adjacent to an activating group) is 1. The van der Waals surface area contributed by atoms with Gasteiger partial charge in [0.05, 0.1) is 4.47 Å². The number of rotatable bonds is 8. The van der Waals surface area contributed by atoms with E-state index in [0.29, 0.717) is 5.75 Å². The molecule has 2 rings (SSSR count). The van der Waals surface area contributed by atoms with Crippen molar-refractivity contribution in [2.75, 3.05) is 13.7 Å². The fourth-order valence-corrected chi connectivity index (χ4v) is 3.22. The first-order valence-electron chi connectivity index (χ1n) is 9.02. The third-order valence-corrected chi connectivity index (χ3v) is 5.06. The van der Waals surface area contributed by atoms with Crippen LogP contribution in [0.2, 0.25) is 0 Å². The minimum absolute atomic E-state index is 0.174. The van der Waals surface area contributed by atoms with Crippen LogP contribution in [0.15, 0.2) is 46.9 Å². The van der Waals surface area contributed by atoms with Crippen molar-refractivity contribution in [3.63, 3.8) is 0 Å². The van der Waals surface area contributed by atoms with E-state index >= 15 is 0 Å². The van der Waals surface area contributed by atoms with Gasteiger partial charge >= 0.3 is 0 Å². The maximum absolute atomic E-state index is 13.2. The number of nitrogens with zero attached hydrogens (tertiary/aromatic N) is 1. The Bertz CT molecular complexity index is 827. The number of carbonyl (C=O) groups is 2. The third-order valence-electron chi connectivity index (χ3n) is 4.44. The van der Waals surface area contributed by atoms with Gasteiger partial charge in [-0.1, -0.05) is 25.1 Å². The van der Waals surface area contributed by atoms with Crippen molar-refractivity contribution >= 4 is 27.7 Å². The van der Waals surface area contributed by atoms with Crippen LogP contribution in [0.4, 0.5) is 4.39 Å². The van der Waals surface area contributed by atoms with Gasteiger partial charge in [-0.3, -0.25) is 9.59 Å². The Morgan fingerprint density at radius 2 is 1.82 bits per heavy atom. The van der Waals surface area contributed by atoms with E-state index in [1.807, 2.05) is 18.2 Å². The fraction of sp³-hybridized carbons (Fsp3) is 0.333. The SMILES string of the molecule is CCc1ccc(OCC(=O)N(Cc2ccc(F)cc2)[C@H](C)C(=O)NC)c(Br)c1. The van der Waals surface area contributed by atoms with Crippen LogP contribution < -0.4 is 10.1 Å². The van der Waals surface area contributed by atoms with E-state index in [4.69, 9.17) is 4.74 Å². The lowest BCUT2D eigenvalue weighted by Crippen LogP contribution is -2.48. The highest BCUT2D eigenvalue weighted by Gasteiger charge is 2.26. The normalized spacial score (nSPS) is 11.6. The summed E-state index contributed by atoms with van der Waals surface area (Å²) in [5.41, 5.74) is 1.87. The molecule has 0 spiro atoms. The van der Waals surface area contributed by atoms with Crippen LogP contribution in [0.5, 0.6) is 5.75 Å². The van der Waals surface area contributed by atoms with Crippen LogP contribution in [0.3, 0.4) is 0 Å². The topological polar surface area (TPSA) is 58.6 Å². The molecular weight excluding hydrogens is 427 g/mol. The summed E-state index contributed by atoms with van der Waals surface area (Å²) in [6.07, 6.45) is 0.896. The van der Waals surface area contributed by atoms with E-state index in [2.05, 4.69) is 28.2 Å². The first kappa shape index (κ1) is 21.9. The molecule has 5 nitrogen and oxygen atoms in total. The lowest BCUT2D eigenvalue weighted by Gasteiger charge is -2.28. The van der Waals surface area contributed by atoms with Gasteiger partial charge in [-0.2, -0.15) is 0 Å². The quantitative estimate of drug-likeness (QED) is 0.666. The van der Waals surface area contributed by atoms with Crippen LogP contribution in [0.25, 0.3) is 0 Å². The van der Waals surface area contributed by atoms with Gasteiger partial charge in [0.25, 0.3) is 5.91 Å². The standard InChI is InChI=1S/C21H24BrFN2O3/c1-4-15-7-10-19(18(22)11-15)28-13-20(26)25(14(2)21(27)24-3)12-16-5-8-17(23)9-6-16/h5-11,14H,4,12-13H2,1-3H3,(H,24,27)/t14-/m1/s1. The van der Waals surface area contributed by atoms with E-state index < -0.39 is 6.04 Å². The van der Waals surface area contributed by atoms with E-state index in [9.17, 15) is 14.0 Å². The maximum Gasteiger partial charge on any atom is 0.261 e. The van der Waals surface area contributed by atoms with Crippen LogP contribution in [0, 0.1) is 5.82 Å². The number of halogens is 2. The molecule has 1 atom stereocenters. The molecule has 0 unspecified atom stereocenters. The summed E-state index contributed by atoms with van der Waals surface area (Å²) in [5, 5.41) is 2.55. The molecule has 2 aromatic rings. The molecule has 0 saturated carbocycles. The lowest BCUT2D eigenvalue weighted by atomic mass is 10.1. The predicted molar refractivity (Wildman–Crippen MR) is 109 cm³/mol. The van der Waals surface area contributed by atoms with Crippen LogP contribution in [0.1, 0.15) is 25.0 Å². The van der Waals surface area contributed by atoms with Crippen LogP contribution in [-0.4, -0.2) is 36.4 Å². The molecule has 0 aromatic heterocycles. The molecule has 0 fully saturated rings. The molecule has 0 bridgehead atoms. The Morgan fingerprint density at radius 1 is 1.18 bits per heavy atom. The molecule has 150 valence electrons. The molecule has 2 aromatic carbocycles. The second-order valence-electron chi connectivity index (χ2n) is 6.35. The monoisotopic (exact) mass is 450 g/mol. The second kappa shape index (κ2) is 10.2. The average molecular weight is 451 g/mol. The number of hydrogen-bond acceptors (Lipinski definition) is 3. The zero-order valence-electron chi connectivity index (χ0n) is 16.2. The summed E-state index contributed by atoms with van der Waals surface area (Å²) in [5.74, 6) is -0.430. The highest BCUT2D eigenvalue weighted by Crippen LogP contribution is 2.26. The van der Waals surface area contributed by atoms with Gasteiger partial charge in [-0.15, -0.1) is 0 Å². The van der Waals surface area contributed by atoms with Crippen molar-refractivity contribution < 1.29 is 18.7 Å². The molecule has 28 heavy (non-hydrogen) atoms. The summed E-state index contributed by atoms with van der Waals surface area (Å²) in [6.45, 7) is 3.66. The Kier molecular flexibility index (Phi) is 7.99. The summed E-state index contributed by atoms with van der Waals surface area (Å²) >= 11 is 3.45. The molecule has 0 aliphatic rings. The van der Waals surface area contributed by atoms with Crippen molar-refractivity contribution in [2.24, 2.45) is 0 Å². The van der Waals surface area contributed by atoms with Gasteiger partial charge in [-0.25, -0.2) is 4.39 Å². The Hall–Kier alpha value is -2.41. The first-order valence-corrected chi connectivity index (χ1v) is 9.81. The predicted octanol–water partition coefficient (Wildman–Crippen LogP) is 3.69. The van der Waals surface area contributed by atoms with E-state index in [-0.39, 0.29) is 30.8 Å². The van der Waals surface area contributed by atoms with Crippen molar-refractivity contribution in [3.05, 3.63) is 63.9 Å².